The molecule has 21 heavy (non-hydrogen) atoms. The van der Waals surface area contributed by atoms with Crippen LogP contribution in [0.1, 0.15) is 54.6 Å². The molecule has 3 heteroatoms. The van der Waals surface area contributed by atoms with Gasteiger partial charge in [-0.15, -0.1) is 0 Å². The summed E-state index contributed by atoms with van der Waals surface area (Å²) in [6.07, 6.45) is 3.29. The summed E-state index contributed by atoms with van der Waals surface area (Å²) in [6.45, 7) is 6.01. The molecule has 0 aromatic heterocycles. The van der Waals surface area contributed by atoms with Crippen molar-refractivity contribution in [3.05, 3.63) is 34.9 Å². The Bertz CT molecular complexity index is 573. The third-order valence-corrected chi connectivity index (χ3v) is 4.14. The summed E-state index contributed by atoms with van der Waals surface area (Å²) in [5.41, 5.74) is 2.39. The van der Waals surface area contributed by atoms with Crippen molar-refractivity contribution in [1.82, 2.24) is 4.90 Å². The monoisotopic (exact) mass is 285 g/mol. The molecule has 1 aliphatic rings. The number of rotatable bonds is 1. The first kappa shape index (κ1) is 15.6. The number of carbonyl (C=O) groups excluding carboxylic acids is 1. The second-order valence-corrected chi connectivity index (χ2v) is 5.85. The molecule has 1 heterocycles. The van der Waals surface area contributed by atoms with Crippen LogP contribution in [0.25, 0.3) is 0 Å². The van der Waals surface area contributed by atoms with Gasteiger partial charge in [0.2, 0.25) is 0 Å². The van der Waals surface area contributed by atoms with Crippen LogP contribution in [0.3, 0.4) is 0 Å². The molecular formula is C18H23NO2. The van der Waals surface area contributed by atoms with Gasteiger partial charge in [-0.05, 0) is 52.2 Å². The molecule has 0 saturated carbocycles. The third-order valence-electron chi connectivity index (χ3n) is 4.14. The van der Waals surface area contributed by atoms with E-state index >= 15 is 0 Å². The lowest BCUT2D eigenvalue weighted by Crippen LogP contribution is -2.47. The SMILES string of the molecule is Cc1ccc(C#CCO)c(C(=O)N2C(C)CCCC2C)c1. The number of hydrogen-bond acceptors (Lipinski definition) is 2. The Morgan fingerprint density at radius 2 is 2.00 bits per heavy atom. The van der Waals surface area contributed by atoms with Crippen LogP contribution < -0.4 is 0 Å². The van der Waals surface area contributed by atoms with Crippen LogP contribution >= 0.6 is 0 Å². The zero-order chi connectivity index (χ0) is 15.4. The zero-order valence-corrected chi connectivity index (χ0v) is 13.0. The molecule has 0 radical (unpaired) electrons. The number of aliphatic hydroxyl groups excluding tert-OH is 1. The maximum atomic E-state index is 13.0. The van der Waals surface area contributed by atoms with Crippen LogP contribution in [0, 0.1) is 18.8 Å². The first-order valence-corrected chi connectivity index (χ1v) is 7.57. The minimum atomic E-state index is -0.196. The summed E-state index contributed by atoms with van der Waals surface area (Å²) in [7, 11) is 0. The van der Waals surface area contributed by atoms with Crippen LogP contribution in [-0.2, 0) is 0 Å². The number of benzene rings is 1. The molecule has 1 saturated heterocycles. The molecule has 1 aliphatic heterocycles. The Morgan fingerprint density at radius 3 is 2.62 bits per heavy atom. The van der Waals surface area contributed by atoms with E-state index < -0.39 is 0 Å². The average molecular weight is 285 g/mol. The van der Waals surface area contributed by atoms with Crippen molar-refractivity contribution in [3.8, 4) is 11.8 Å². The van der Waals surface area contributed by atoms with Gasteiger partial charge in [-0.1, -0.05) is 23.5 Å². The Morgan fingerprint density at radius 1 is 1.33 bits per heavy atom. The smallest absolute Gasteiger partial charge is 0.255 e. The van der Waals surface area contributed by atoms with Crippen LogP contribution in [-0.4, -0.2) is 34.6 Å². The van der Waals surface area contributed by atoms with Gasteiger partial charge in [-0.2, -0.15) is 0 Å². The molecule has 2 rings (SSSR count). The van der Waals surface area contributed by atoms with Crippen molar-refractivity contribution in [2.24, 2.45) is 0 Å². The van der Waals surface area contributed by atoms with E-state index in [1.807, 2.05) is 30.0 Å². The fourth-order valence-electron chi connectivity index (χ4n) is 3.04. The molecule has 1 N–H and O–H groups in total. The summed E-state index contributed by atoms with van der Waals surface area (Å²) in [6, 6.07) is 6.24. The molecule has 0 bridgehead atoms. The number of carbonyl (C=O) groups is 1. The molecule has 112 valence electrons. The first-order valence-electron chi connectivity index (χ1n) is 7.57. The van der Waals surface area contributed by atoms with Gasteiger partial charge >= 0.3 is 0 Å². The maximum Gasteiger partial charge on any atom is 0.255 e. The van der Waals surface area contributed by atoms with E-state index in [-0.39, 0.29) is 24.6 Å². The number of aryl methyl sites for hydroxylation is 1. The summed E-state index contributed by atoms with van der Waals surface area (Å²) in [5, 5.41) is 8.88. The topological polar surface area (TPSA) is 40.5 Å². The average Bonchev–Trinajstić information content (AvgIpc) is 2.45. The van der Waals surface area contributed by atoms with Crippen molar-refractivity contribution in [2.75, 3.05) is 6.61 Å². The van der Waals surface area contributed by atoms with Gasteiger partial charge in [0.1, 0.15) is 6.61 Å². The third kappa shape index (κ3) is 3.46. The van der Waals surface area contributed by atoms with Gasteiger partial charge in [-0.3, -0.25) is 4.79 Å². The molecule has 0 aliphatic carbocycles. The van der Waals surface area contributed by atoms with Crippen molar-refractivity contribution in [2.45, 2.75) is 52.1 Å². The molecule has 1 aromatic rings. The Labute approximate surface area is 127 Å². The lowest BCUT2D eigenvalue weighted by molar-refractivity contribution is 0.0510. The minimum Gasteiger partial charge on any atom is -0.384 e. The van der Waals surface area contributed by atoms with Gasteiger partial charge in [0, 0.05) is 17.6 Å². The van der Waals surface area contributed by atoms with Crippen LogP contribution in [0.5, 0.6) is 0 Å². The van der Waals surface area contributed by atoms with Gasteiger partial charge < -0.3 is 10.0 Å². The Hall–Kier alpha value is -1.79. The van der Waals surface area contributed by atoms with Crippen LogP contribution in [0.15, 0.2) is 18.2 Å². The highest BCUT2D eigenvalue weighted by Crippen LogP contribution is 2.25. The second kappa shape index (κ2) is 6.78. The normalized spacial score (nSPS) is 21.6. The predicted molar refractivity (Wildman–Crippen MR) is 84.1 cm³/mol. The van der Waals surface area contributed by atoms with Crippen molar-refractivity contribution >= 4 is 5.91 Å². The van der Waals surface area contributed by atoms with Crippen molar-refractivity contribution < 1.29 is 9.90 Å². The number of piperidine rings is 1. The number of likely N-dealkylation sites (tertiary alicyclic amines) is 1. The highest BCUT2D eigenvalue weighted by molar-refractivity contribution is 5.97. The Balaban J connectivity index is 2.39. The van der Waals surface area contributed by atoms with E-state index in [2.05, 4.69) is 25.7 Å². The number of aliphatic hydroxyl groups is 1. The van der Waals surface area contributed by atoms with E-state index in [1.54, 1.807) is 0 Å². The van der Waals surface area contributed by atoms with E-state index in [1.165, 1.54) is 6.42 Å². The summed E-state index contributed by atoms with van der Waals surface area (Å²) < 4.78 is 0. The molecule has 1 aromatic carbocycles. The van der Waals surface area contributed by atoms with Gasteiger partial charge in [0.05, 0.1) is 5.56 Å². The minimum absolute atomic E-state index is 0.0561. The largest absolute Gasteiger partial charge is 0.384 e. The van der Waals surface area contributed by atoms with Crippen molar-refractivity contribution in [3.63, 3.8) is 0 Å². The van der Waals surface area contributed by atoms with Gasteiger partial charge in [0.25, 0.3) is 5.91 Å². The number of hydrogen-bond donors (Lipinski definition) is 1. The lowest BCUT2D eigenvalue weighted by Gasteiger charge is -2.39. The molecule has 3 nitrogen and oxygen atoms in total. The molecule has 1 fully saturated rings. The summed E-state index contributed by atoms with van der Waals surface area (Å²) in [4.78, 5) is 14.9. The lowest BCUT2D eigenvalue weighted by atomic mass is 9.95. The molecule has 1 amide bonds. The quantitative estimate of drug-likeness (QED) is 0.806. The van der Waals surface area contributed by atoms with Crippen LogP contribution in [0.2, 0.25) is 0 Å². The number of nitrogens with zero attached hydrogens (tertiary/aromatic N) is 1. The first-order chi connectivity index (χ1) is 10.0. The maximum absolute atomic E-state index is 13.0. The highest BCUT2D eigenvalue weighted by atomic mass is 16.2. The second-order valence-electron chi connectivity index (χ2n) is 5.85. The van der Waals surface area contributed by atoms with Crippen LogP contribution in [0.4, 0.5) is 0 Å². The van der Waals surface area contributed by atoms with E-state index in [9.17, 15) is 4.79 Å². The van der Waals surface area contributed by atoms with E-state index in [0.717, 1.165) is 18.4 Å². The molecule has 2 unspecified atom stereocenters. The molecule has 2 atom stereocenters. The van der Waals surface area contributed by atoms with Crippen molar-refractivity contribution in [1.29, 1.82) is 0 Å². The van der Waals surface area contributed by atoms with Gasteiger partial charge in [0.15, 0.2) is 0 Å². The standard InChI is InChI=1S/C18H23NO2/c1-13-9-10-16(8-5-11-20)17(12-13)18(21)19-14(2)6-4-7-15(19)3/h9-10,12,14-15,20H,4,6-7,11H2,1-3H3. The fourth-order valence-corrected chi connectivity index (χ4v) is 3.04. The fraction of sp³-hybridized carbons (Fsp3) is 0.500. The Kier molecular flexibility index (Phi) is 5.03. The number of amides is 1. The van der Waals surface area contributed by atoms with E-state index in [0.29, 0.717) is 11.1 Å². The molecular weight excluding hydrogens is 262 g/mol. The van der Waals surface area contributed by atoms with E-state index in [4.69, 9.17) is 5.11 Å². The zero-order valence-electron chi connectivity index (χ0n) is 13.0. The highest BCUT2D eigenvalue weighted by Gasteiger charge is 2.30. The summed E-state index contributed by atoms with van der Waals surface area (Å²) in [5.74, 6) is 5.59. The van der Waals surface area contributed by atoms with Gasteiger partial charge in [-0.25, -0.2) is 0 Å². The summed E-state index contributed by atoms with van der Waals surface area (Å²) >= 11 is 0. The predicted octanol–water partition coefficient (Wildman–Crippen LogP) is 2.74. The molecule has 0 spiro atoms.